The molecule has 4 N–H and O–H groups in total. The monoisotopic (exact) mass is 568 g/mol. The molecule has 1 aliphatic carbocycles. The van der Waals surface area contributed by atoms with Crippen molar-refractivity contribution in [2.75, 3.05) is 5.73 Å². The van der Waals surface area contributed by atoms with Crippen molar-refractivity contribution in [3.8, 4) is 5.69 Å². The third kappa shape index (κ3) is 3.14. The van der Waals surface area contributed by atoms with E-state index in [2.05, 4.69) is 150 Å². The van der Waals surface area contributed by atoms with E-state index in [0.29, 0.717) is 6.54 Å². The maximum absolute atomic E-state index is 7.05. The van der Waals surface area contributed by atoms with Crippen LogP contribution in [-0.2, 0) is 17.5 Å². The number of aromatic nitrogens is 1. The zero-order valence-electron chi connectivity index (χ0n) is 24.5. The second-order valence-corrected chi connectivity index (χ2v) is 12.2. The summed E-state index contributed by atoms with van der Waals surface area (Å²) < 4.78 is 2.47. The minimum Gasteiger partial charge on any atom is -0.398 e. The predicted molar refractivity (Wildman–Crippen MR) is 180 cm³/mol. The number of nitrogens with zero attached hydrogens (tertiary/aromatic N) is 1. The molecule has 6 aromatic carbocycles. The normalized spacial score (nSPS) is 19.6. The van der Waals surface area contributed by atoms with Gasteiger partial charge in [0.1, 0.15) is 0 Å². The molecule has 2 heterocycles. The van der Waals surface area contributed by atoms with Gasteiger partial charge in [0, 0.05) is 28.6 Å². The number of hydrazine groups is 1. The molecule has 0 bridgehead atoms. The van der Waals surface area contributed by atoms with Gasteiger partial charge in [0.2, 0.25) is 0 Å². The first kappa shape index (κ1) is 25.3. The Bertz CT molecular complexity index is 2250. The summed E-state index contributed by atoms with van der Waals surface area (Å²) in [6, 6.07) is 50.4. The number of hydrogen-bond donors (Lipinski definition) is 3. The number of anilines is 1. The SMILES string of the molecule is CC1(NNCc2ccccc2)c2ccccc2C2(c3ccccc3-n3c4ccccc4c4cccc2c43)c2cccc(N)c21. The molecule has 9 rings (SSSR count). The van der Waals surface area contributed by atoms with E-state index in [9.17, 15) is 0 Å². The van der Waals surface area contributed by atoms with Crippen LogP contribution in [0.3, 0.4) is 0 Å². The molecule has 0 fully saturated rings. The van der Waals surface area contributed by atoms with Gasteiger partial charge in [-0.25, -0.2) is 5.43 Å². The number of nitrogens with two attached hydrogens (primary N) is 1. The van der Waals surface area contributed by atoms with Gasteiger partial charge in [-0.2, -0.15) is 0 Å². The molecule has 4 nitrogen and oxygen atoms in total. The summed E-state index contributed by atoms with van der Waals surface area (Å²) in [5.41, 5.74) is 26.3. The maximum Gasteiger partial charge on any atom is 0.0819 e. The Labute approximate surface area is 256 Å². The van der Waals surface area contributed by atoms with Crippen LogP contribution >= 0.6 is 0 Å². The average Bonchev–Trinajstić information content (AvgIpc) is 3.41. The Morgan fingerprint density at radius 1 is 0.591 bits per heavy atom. The first-order chi connectivity index (χ1) is 21.6. The van der Waals surface area contributed by atoms with E-state index in [1.165, 1.54) is 60.9 Å². The number of fused-ring (bicyclic) bond motifs is 11. The zero-order chi connectivity index (χ0) is 29.5. The highest BCUT2D eigenvalue weighted by Crippen LogP contribution is 2.60. The van der Waals surface area contributed by atoms with Crippen molar-refractivity contribution in [2.24, 2.45) is 0 Å². The number of nitrogen functional groups attached to an aromatic ring is 1. The van der Waals surface area contributed by atoms with E-state index < -0.39 is 11.0 Å². The molecule has 7 aromatic rings. The van der Waals surface area contributed by atoms with E-state index in [0.717, 1.165) is 11.3 Å². The van der Waals surface area contributed by atoms with Gasteiger partial charge >= 0.3 is 0 Å². The third-order valence-corrected chi connectivity index (χ3v) is 9.99. The van der Waals surface area contributed by atoms with Crippen LogP contribution in [-0.4, -0.2) is 4.57 Å². The molecule has 2 aliphatic rings. The quantitative estimate of drug-likeness (QED) is 0.149. The summed E-state index contributed by atoms with van der Waals surface area (Å²) in [7, 11) is 0. The van der Waals surface area contributed by atoms with Crippen molar-refractivity contribution in [1.29, 1.82) is 0 Å². The lowest BCUT2D eigenvalue weighted by Crippen LogP contribution is -2.54. The summed E-state index contributed by atoms with van der Waals surface area (Å²) in [5.74, 6) is 0. The fourth-order valence-electron chi connectivity index (χ4n) is 8.30. The van der Waals surface area contributed by atoms with Crippen LogP contribution in [0.1, 0.15) is 45.9 Å². The molecule has 1 spiro atoms. The number of benzene rings is 6. The van der Waals surface area contributed by atoms with Gasteiger partial charge in [0.25, 0.3) is 0 Å². The standard InChI is InChI=1S/C40H32N4/c1-39(43-42-25-26-13-3-2-4-14-26)29-17-6-7-18-30(29)40(32-20-12-22-34(41)37(32)39)31-19-8-10-24-36(31)44-35-23-9-5-15-27(35)28-16-11-21-33(40)38(28)44/h2-24,42-43H,25,41H2,1H3. The lowest BCUT2D eigenvalue weighted by Gasteiger charge is -2.51. The summed E-state index contributed by atoms with van der Waals surface area (Å²) in [5, 5.41) is 2.54. The van der Waals surface area contributed by atoms with Gasteiger partial charge in [0.05, 0.1) is 27.7 Å². The molecule has 0 radical (unpaired) electrons. The topological polar surface area (TPSA) is 55.0 Å². The van der Waals surface area contributed by atoms with Crippen LogP contribution in [0.15, 0.2) is 140 Å². The molecular weight excluding hydrogens is 536 g/mol. The second-order valence-electron chi connectivity index (χ2n) is 12.2. The van der Waals surface area contributed by atoms with Crippen molar-refractivity contribution >= 4 is 27.5 Å². The highest BCUT2D eigenvalue weighted by molar-refractivity contribution is 6.12. The summed E-state index contributed by atoms with van der Waals surface area (Å²) >= 11 is 0. The van der Waals surface area contributed by atoms with E-state index in [1.807, 2.05) is 12.1 Å². The number of para-hydroxylation sites is 3. The predicted octanol–water partition coefficient (Wildman–Crippen LogP) is 7.93. The van der Waals surface area contributed by atoms with Gasteiger partial charge in [-0.3, -0.25) is 5.43 Å². The summed E-state index contributed by atoms with van der Waals surface area (Å²) in [6.45, 7) is 2.95. The lowest BCUT2D eigenvalue weighted by molar-refractivity contribution is 0.347. The molecule has 1 aromatic heterocycles. The van der Waals surface area contributed by atoms with Crippen LogP contribution in [0.4, 0.5) is 5.69 Å². The fraction of sp³-hybridized carbons (Fsp3) is 0.100. The Kier molecular flexibility index (Phi) is 5.28. The van der Waals surface area contributed by atoms with Crippen LogP contribution in [0, 0.1) is 0 Å². The molecule has 44 heavy (non-hydrogen) atoms. The molecule has 212 valence electrons. The minimum absolute atomic E-state index is 0.567. The van der Waals surface area contributed by atoms with Crippen molar-refractivity contribution in [3.63, 3.8) is 0 Å². The highest BCUT2D eigenvalue weighted by atomic mass is 15.4. The number of nitrogens with one attached hydrogen (secondary N) is 2. The number of hydrogen-bond acceptors (Lipinski definition) is 3. The smallest absolute Gasteiger partial charge is 0.0819 e. The van der Waals surface area contributed by atoms with Crippen molar-refractivity contribution in [1.82, 2.24) is 15.4 Å². The third-order valence-electron chi connectivity index (χ3n) is 9.99. The van der Waals surface area contributed by atoms with Gasteiger partial charge in [-0.05, 0) is 58.5 Å². The van der Waals surface area contributed by atoms with E-state index in [-0.39, 0.29) is 0 Å². The van der Waals surface area contributed by atoms with Crippen LogP contribution in [0.25, 0.3) is 27.5 Å². The van der Waals surface area contributed by atoms with Crippen LogP contribution in [0.2, 0.25) is 0 Å². The Morgan fingerprint density at radius 3 is 2.09 bits per heavy atom. The first-order valence-electron chi connectivity index (χ1n) is 15.3. The summed E-state index contributed by atoms with van der Waals surface area (Å²) in [4.78, 5) is 0. The van der Waals surface area contributed by atoms with E-state index >= 15 is 0 Å². The zero-order valence-corrected chi connectivity index (χ0v) is 24.5. The molecule has 2 atom stereocenters. The lowest BCUT2D eigenvalue weighted by atomic mass is 9.54. The molecule has 4 heteroatoms. The molecule has 1 aliphatic heterocycles. The average molecular weight is 569 g/mol. The van der Waals surface area contributed by atoms with Crippen LogP contribution < -0.4 is 16.6 Å². The minimum atomic E-state index is -0.593. The summed E-state index contributed by atoms with van der Waals surface area (Å²) in [6.07, 6.45) is 0. The Hall–Kier alpha value is -5.16. The largest absolute Gasteiger partial charge is 0.398 e. The second kappa shape index (κ2) is 9.17. The Balaban J connectivity index is 1.39. The van der Waals surface area contributed by atoms with Gasteiger partial charge in [0.15, 0.2) is 0 Å². The van der Waals surface area contributed by atoms with Crippen molar-refractivity contribution in [3.05, 3.63) is 178 Å². The van der Waals surface area contributed by atoms with Crippen molar-refractivity contribution < 1.29 is 0 Å². The molecule has 0 saturated heterocycles. The maximum atomic E-state index is 7.05. The molecular formula is C40H32N4. The fourth-order valence-corrected chi connectivity index (χ4v) is 8.30. The van der Waals surface area contributed by atoms with Gasteiger partial charge in [-0.1, -0.05) is 121 Å². The highest BCUT2D eigenvalue weighted by Gasteiger charge is 2.54. The molecule has 0 saturated carbocycles. The van der Waals surface area contributed by atoms with E-state index in [1.54, 1.807) is 0 Å². The molecule has 2 unspecified atom stereocenters. The van der Waals surface area contributed by atoms with Crippen molar-refractivity contribution in [2.45, 2.75) is 24.4 Å². The van der Waals surface area contributed by atoms with Crippen LogP contribution in [0.5, 0.6) is 0 Å². The first-order valence-corrected chi connectivity index (χ1v) is 15.3. The molecule has 0 amide bonds. The van der Waals surface area contributed by atoms with Gasteiger partial charge < -0.3 is 10.3 Å². The van der Waals surface area contributed by atoms with E-state index in [4.69, 9.17) is 5.73 Å². The Morgan fingerprint density at radius 2 is 1.23 bits per heavy atom. The van der Waals surface area contributed by atoms with Gasteiger partial charge in [-0.15, -0.1) is 0 Å². The number of rotatable bonds is 4.